The largest absolute Gasteiger partial charge is 0.654 e. The van der Waals surface area contributed by atoms with Crippen molar-refractivity contribution in [1.29, 1.82) is 0 Å². The summed E-state index contributed by atoms with van der Waals surface area (Å²) in [6.45, 7) is 19.0. The van der Waals surface area contributed by atoms with Gasteiger partial charge >= 0.3 is 25.7 Å². The molecule has 0 heterocycles. The first-order valence-electron chi connectivity index (χ1n) is 11.9. The van der Waals surface area contributed by atoms with E-state index in [9.17, 15) is 33.3 Å². The maximum absolute atomic E-state index is 13.3. The normalized spacial score (nSPS) is 10.5. The lowest BCUT2D eigenvalue weighted by molar-refractivity contribution is -0.140. The highest BCUT2D eigenvalue weighted by Crippen LogP contribution is 2.51. The highest BCUT2D eigenvalue weighted by Gasteiger charge is 2.43. The van der Waals surface area contributed by atoms with E-state index in [1.165, 1.54) is 0 Å². The Labute approximate surface area is 236 Å². The number of carbonyl (C=O) groups excluding carboxylic acids is 6. The van der Waals surface area contributed by atoms with Crippen LogP contribution in [0.15, 0.2) is 72.9 Å². The summed E-state index contributed by atoms with van der Waals surface area (Å²) in [4.78, 5) is 74.8. The first-order valence-corrected chi connectivity index (χ1v) is 13.4. The van der Waals surface area contributed by atoms with Crippen LogP contribution in [0.2, 0.25) is 0 Å². The van der Waals surface area contributed by atoms with Gasteiger partial charge in [0.15, 0.2) is 17.3 Å². The number of allylic oxidation sites excluding steroid dienone is 3. The van der Waals surface area contributed by atoms with Gasteiger partial charge in [-0.05, 0) is 55.2 Å². The molecule has 0 spiro atoms. The SMILES string of the molecule is C=C(CCCO)C(=O)C(=C)C(=O)OP(=O)(OC(=O)C(=C)C(=O)C(=C)CCCO)OC(=O)C(=C)C(=O)C(=C)CCCO. The lowest BCUT2D eigenvalue weighted by atomic mass is 10.0. The van der Waals surface area contributed by atoms with Crippen molar-refractivity contribution in [2.24, 2.45) is 0 Å². The number of rotatable bonds is 21. The fourth-order valence-corrected chi connectivity index (χ4v) is 3.71. The molecule has 0 amide bonds. The third kappa shape index (κ3) is 11.9. The highest BCUT2D eigenvalue weighted by molar-refractivity contribution is 7.50. The van der Waals surface area contributed by atoms with Gasteiger partial charge in [-0.2, -0.15) is 4.57 Å². The van der Waals surface area contributed by atoms with Crippen molar-refractivity contribution in [3.8, 4) is 0 Å². The van der Waals surface area contributed by atoms with E-state index >= 15 is 0 Å². The molecule has 0 saturated carbocycles. The van der Waals surface area contributed by atoms with E-state index in [4.69, 9.17) is 15.3 Å². The average Bonchev–Trinajstić information content (AvgIpc) is 2.94. The third-order valence-corrected chi connectivity index (χ3v) is 6.19. The smallest absolute Gasteiger partial charge is 0.396 e. The summed E-state index contributed by atoms with van der Waals surface area (Å²) in [5.74, 6) is -8.57. The van der Waals surface area contributed by atoms with Crippen LogP contribution in [0.25, 0.3) is 0 Å². The lowest BCUT2D eigenvalue weighted by Gasteiger charge is -2.18. The van der Waals surface area contributed by atoms with E-state index in [0.717, 1.165) is 0 Å². The Hall–Kier alpha value is -4.03. The standard InChI is InChI=1S/C27H33O13P/c1-16(10-7-13-28)22(31)19(4)25(34)38-41(37,39-26(35)20(5)23(32)17(2)11-8-14-29)40-27(36)21(6)24(33)18(3)12-9-15-30/h28-30H,1-15H2. The van der Waals surface area contributed by atoms with Gasteiger partial charge in [-0.15, -0.1) is 0 Å². The van der Waals surface area contributed by atoms with Crippen LogP contribution in [0.3, 0.4) is 0 Å². The fourth-order valence-electron chi connectivity index (χ4n) is 2.66. The van der Waals surface area contributed by atoms with Gasteiger partial charge < -0.3 is 28.9 Å². The minimum Gasteiger partial charge on any atom is -0.396 e. The zero-order valence-corrected chi connectivity index (χ0v) is 23.4. The van der Waals surface area contributed by atoms with Crippen LogP contribution in [0.4, 0.5) is 0 Å². The van der Waals surface area contributed by atoms with Gasteiger partial charge in [0.1, 0.15) is 16.7 Å². The summed E-state index contributed by atoms with van der Waals surface area (Å²) in [5.41, 5.74) is -3.49. The summed E-state index contributed by atoms with van der Waals surface area (Å²) in [5, 5.41) is 26.7. The van der Waals surface area contributed by atoms with Gasteiger partial charge in [0.25, 0.3) is 0 Å². The van der Waals surface area contributed by atoms with Crippen molar-refractivity contribution >= 4 is 43.1 Å². The second kappa shape index (κ2) is 17.6. The summed E-state index contributed by atoms with van der Waals surface area (Å²) >= 11 is 0. The van der Waals surface area contributed by atoms with Crippen molar-refractivity contribution in [2.75, 3.05) is 19.8 Å². The van der Waals surface area contributed by atoms with E-state index in [1.807, 2.05) is 0 Å². The maximum Gasteiger partial charge on any atom is 0.654 e. The third-order valence-electron chi connectivity index (χ3n) is 5.02. The molecule has 0 aliphatic carbocycles. The first-order chi connectivity index (χ1) is 19.1. The Kier molecular flexibility index (Phi) is 15.9. The molecular weight excluding hydrogens is 563 g/mol. The summed E-state index contributed by atoms with van der Waals surface area (Å²) in [6, 6.07) is 0. The number of hydrogen-bond acceptors (Lipinski definition) is 13. The number of hydrogen-bond donors (Lipinski definition) is 3. The minimum atomic E-state index is -5.72. The maximum atomic E-state index is 13.3. The number of aliphatic hydroxyl groups is 3. The molecule has 0 atom stereocenters. The molecule has 41 heavy (non-hydrogen) atoms. The quantitative estimate of drug-likeness (QED) is 0.0751. The van der Waals surface area contributed by atoms with E-state index in [0.29, 0.717) is 0 Å². The Balaban J connectivity index is 6.08. The Morgan fingerprint density at radius 2 is 0.707 bits per heavy atom. The van der Waals surface area contributed by atoms with Crippen LogP contribution < -0.4 is 0 Å². The number of phosphoric ester groups is 1. The topological polar surface area (TPSA) is 208 Å². The monoisotopic (exact) mass is 596 g/mol. The van der Waals surface area contributed by atoms with Crippen LogP contribution in [0.1, 0.15) is 38.5 Å². The van der Waals surface area contributed by atoms with Gasteiger partial charge in [-0.1, -0.05) is 39.5 Å². The second-order valence-corrected chi connectivity index (χ2v) is 9.74. The van der Waals surface area contributed by atoms with Crippen molar-refractivity contribution in [1.82, 2.24) is 0 Å². The lowest BCUT2D eigenvalue weighted by Crippen LogP contribution is -2.22. The zero-order valence-electron chi connectivity index (χ0n) is 22.5. The summed E-state index contributed by atoms with van der Waals surface area (Å²) in [6.07, 6.45) is 0.189. The van der Waals surface area contributed by atoms with Crippen LogP contribution in [0, 0.1) is 0 Å². The Bertz CT molecular complexity index is 1070. The molecule has 0 fully saturated rings. The first kappa shape index (κ1) is 37.0. The minimum absolute atomic E-state index is 0.0481. The van der Waals surface area contributed by atoms with Crippen molar-refractivity contribution in [3.05, 3.63) is 72.9 Å². The van der Waals surface area contributed by atoms with E-state index in [1.54, 1.807) is 0 Å². The van der Waals surface area contributed by atoms with Crippen molar-refractivity contribution in [2.45, 2.75) is 38.5 Å². The van der Waals surface area contributed by atoms with Gasteiger partial charge in [-0.3, -0.25) is 14.4 Å². The molecule has 224 valence electrons. The zero-order chi connectivity index (χ0) is 31.9. The molecule has 0 radical (unpaired) electrons. The summed E-state index contributed by atoms with van der Waals surface area (Å²) in [7, 11) is -5.72. The summed E-state index contributed by atoms with van der Waals surface area (Å²) < 4.78 is 26.9. The molecule has 14 heteroatoms. The van der Waals surface area contributed by atoms with E-state index in [2.05, 4.69) is 53.0 Å². The van der Waals surface area contributed by atoms with Gasteiger partial charge in [0.2, 0.25) is 0 Å². The molecule has 0 aromatic carbocycles. The predicted octanol–water partition coefficient (Wildman–Crippen LogP) is 2.09. The molecule has 0 saturated heterocycles. The molecular formula is C27H33O13P. The molecule has 0 aromatic rings. The Morgan fingerprint density at radius 3 is 0.902 bits per heavy atom. The fraction of sp³-hybridized carbons (Fsp3) is 0.333. The number of aliphatic hydroxyl groups excluding tert-OH is 3. The molecule has 13 nitrogen and oxygen atoms in total. The van der Waals surface area contributed by atoms with Crippen molar-refractivity contribution < 1.29 is 62.2 Å². The molecule has 3 N–H and O–H groups in total. The molecule has 0 aliphatic rings. The van der Waals surface area contributed by atoms with Crippen LogP contribution in [0.5, 0.6) is 0 Å². The molecule has 0 bridgehead atoms. The van der Waals surface area contributed by atoms with Crippen LogP contribution in [-0.2, 0) is 46.9 Å². The van der Waals surface area contributed by atoms with Gasteiger partial charge in [-0.25, -0.2) is 14.4 Å². The molecule has 0 aromatic heterocycles. The van der Waals surface area contributed by atoms with E-state index in [-0.39, 0.29) is 75.1 Å². The number of phosphoric acid groups is 1. The molecule has 0 rings (SSSR count). The van der Waals surface area contributed by atoms with Gasteiger partial charge in [0, 0.05) is 19.8 Å². The number of Topliss-reactive ketones (excluding diaryl/α,β-unsaturated/α-hetero) is 3. The second-order valence-electron chi connectivity index (χ2n) is 8.30. The number of ketones is 3. The van der Waals surface area contributed by atoms with Gasteiger partial charge in [0.05, 0.1) is 0 Å². The highest BCUT2D eigenvalue weighted by atomic mass is 31.2. The van der Waals surface area contributed by atoms with Crippen LogP contribution >= 0.6 is 7.82 Å². The predicted molar refractivity (Wildman–Crippen MR) is 145 cm³/mol. The number of carbonyl (C=O) groups is 6. The Morgan fingerprint density at radius 1 is 0.488 bits per heavy atom. The molecule has 0 unspecified atom stereocenters. The van der Waals surface area contributed by atoms with Crippen LogP contribution in [-0.4, -0.2) is 70.4 Å². The average molecular weight is 597 g/mol. The molecule has 0 aliphatic heterocycles. The van der Waals surface area contributed by atoms with E-state index < -0.39 is 59.8 Å². The van der Waals surface area contributed by atoms with Crippen molar-refractivity contribution in [3.63, 3.8) is 0 Å².